The maximum Gasteiger partial charge on any atom is 0.338 e. The standard InChI is InChI=1S/C24H29N3O4/c1-2-30-23(28)21-19(25-24(29)26-22(21)20-9-6-14-31-20)16-27-12-10-18(11-13-27)15-17-7-4-3-5-8-17/h3-9,14,18,22H,2,10-13,15-16H2,1H3,(H2,25,26,29)/t22-/m0/s1. The summed E-state index contributed by atoms with van der Waals surface area (Å²) in [5, 5.41) is 5.63. The third-order valence-electron chi connectivity index (χ3n) is 5.93. The summed E-state index contributed by atoms with van der Waals surface area (Å²) in [7, 11) is 0. The average Bonchev–Trinajstić information content (AvgIpc) is 3.30. The van der Waals surface area contributed by atoms with E-state index >= 15 is 0 Å². The number of rotatable bonds is 7. The van der Waals surface area contributed by atoms with E-state index in [-0.39, 0.29) is 12.6 Å². The molecule has 1 atom stereocenters. The lowest BCUT2D eigenvalue weighted by molar-refractivity contribution is -0.139. The first-order valence-corrected chi connectivity index (χ1v) is 10.9. The number of hydrogen-bond acceptors (Lipinski definition) is 5. The first-order chi connectivity index (χ1) is 15.1. The highest BCUT2D eigenvalue weighted by Gasteiger charge is 2.36. The zero-order valence-electron chi connectivity index (χ0n) is 17.8. The van der Waals surface area contributed by atoms with Gasteiger partial charge in [-0.15, -0.1) is 0 Å². The van der Waals surface area contributed by atoms with Crippen molar-refractivity contribution in [3.63, 3.8) is 0 Å². The molecule has 0 radical (unpaired) electrons. The largest absolute Gasteiger partial charge is 0.467 e. The topological polar surface area (TPSA) is 83.8 Å². The number of carbonyl (C=O) groups excluding carboxylic acids is 2. The van der Waals surface area contributed by atoms with Gasteiger partial charge in [-0.25, -0.2) is 9.59 Å². The zero-order chi connectivity index (χ0) is 21.6. The Balaban J connectivity index is 1.47. The van der Waals surface area contributed by atoms with E-state index in [0.29, 0.717) is 29.5 Å². The molecule has 31 heavy (non-hydrogen) atoms. The summed E-state index contributed by atoms with van der Waals surface area (Å²) >= 11 is 0. The molecule has 2 aliphatic rings. The van der Waals surface area contributed by atoms with Crippen molar-refractivity contribution in [2.24, 2.45) is 5.92 Å². The molecule has 2 amide bonds. The van der Waals surface area contributed by atoms with Crippen LogP contribution in [-0.4, -0.2) is 43.1 Å². The van der Waals surface area contributed by atoms with Gasteiger partial charge in [-0.2, -0.15) is 0 Å². The maximum absolute atomic E-state index is 12.8. The quantitative estimate of drug-likeness (QED) is 0.667. The lowest BCUT2D eigenvalue weighted by atomic mass is 9.90. The number of benzene rings is 1. The van der Waals surface area contributed by atoms with E-state index in [1.54, 1.807) is 19.1 Å². The first kappa shape index (κ1) is 21.2. The molecule has 0 saturated carbocycles. The molecule has 0 spiro atoms. The Bertz CT molecular complexity index is 916. The molecule has 7 nitrogen and oxygen atoms in total. The van der Waals surface area contributed by atoms with Gasteiger partial charge in [-0.1, -0.05) is 30.3 Å². The van der Waals surface area contributed by atoms with Crippen molar-refractivity contribution in [1.82, 2.24) is 15.5 Å². The highest BCUT2D eigenvalue weighted by atomic mass is 16.5. The Labute approximate surface area is 182 Å². The summed E-state index contributed by atoms with van der Waals surface area (Å²) in [6, 6.07) is 13.1. The Hall–Kier alpha value is -3.06. The summed E-state index contributed by atoms with van der Waals surface area (Å²) in [4.78, 5) is 27.4. The highest BCUT2D eigenvalue weighted by molar-refractivity contribution is 5.95. The average molecular weight is 424 g/mol. The van der Waals surface area contributed by atoms with Gasteiger partial charge in [0, 0.05) is 12.2 Å². The van der Waals surface area contributed by atoms with E-state index in [2.05, 4.69) is 39.8 Å². The normalized spacial score (nSPS) is 20.3. The van der Waals surface area contributed by atoms with Crippen LogP contribution in [0.25, 0.3) is 0 Å². The number of nitrogens with zero attached hydrogens (tertiary/aromatic N) is 1. The zero-order valence-corrected chi connectivity index (χ0v) is 17.8. The fourth-order valence-electron chi connectivity index (χ4n) is 4.38. The Morgan fingerprint density at radius 3 is 2.61 bits per heavy atom. The van der Waals surface area contributed by atoms with Gasteiger partial charge in [0.2, 0.25) is 0 Å². The van der Waals surface area contributed by atoms with Crippen LogP contribution in [0.2, 0.25) is 0 Å². The number of esters is 1. The number of likely N-dealkylation sites (tertiary alicyclic amines) is 1. The number of hydrogen-bond donors (Lipinski definition) is 2. The van der Waals surface area contributed by atoms with Crippen LogP contribution in [-0.2, 0) is 16.0 Å². The van der Waals surface area contributed by atoms with Crippen LogP contribution in [0.1, 0.15) is 37.1 Å². The van der Waals surface area contributed by atoms with E-state index in [9.17, 15) is 9.59 Å². The minimum absolute atomic E-state index is 0.263. The fraction of sp³-hybridized carbons (Fsp3) is 0.417. The Morgan fingerprint density at radius 2 is 1.94 bits per heavy atom. The fourth-order valence-corrected chi connectivity index (χ4v) is 4.38. The van der Waals surface area contributed by atoms with E-state index in [0.717, 1.165) is 32.4 Å². The first-order valence-electron chi connectivity index (χ1n) is 10.9. The number of ether oxygens (including phenoxy) is 1. The molecule has 0 bridgehead atoms. The second-order valence-electron chi connectivity index (χ2n) is 8.07. The van der Waals surface area contributed by atoms with Crippen molar-refractivity contribution in [1.29, 1.82) is 0 Å². The predicted octanol–water partition coefficient (Wildman–Crippen LogP) is 3.41. The molecule has 2 N–H and O–H groups in total. The van der Waals surface area contributed by atoms with E-state index in [1.165, 1.54) is 11.8 Å². The minimum atomic E-state index is -0.659. The maximum atomic E-state index is 12.8. The Morgan fingerprint density at radius 1 is 1.16 bits per heavy atom. The SMILES string of the molecule is CCOC(=O)C1=C(CN2CCC(Cc3ccccc3)CC2)NC(=O)N[C@H]1c1ccco1. The number of amides is 2. The molecular weight excluding hydrogens is 394 g/mol. The van der Waals surface area contributed by atoms with Crippen molar-refractivity contribution in [3.8, 4) is 0 Å². The minimum Gasteiger partial charge on any atom is -0.467 e. The summed E-state index contributed by atoms with van der Waals surface area (Å²) in [6.45, 7) is 4.38. The van der Waals surface area contributed by atoms with Gasteiger partial charge in [-0.05, 0) is 62.9 Å². The van der Waals surface area contributed by atoms with Crippen LogP contribution < -0.4 is 10.6 Å². The third kappa shape index (κ3) is 5.17. The number of carbonyl (C=O) groups is 2. The molecule has 4 rings (SSSR count). The van der Waals surface area contributed by atoms with Gasteiger partial charge in [-0.3, -0.25) is 4.90 Å². The molecule has 1 fully saturated rings. The van der Waals surface area contributed by atoms with Gasteiger partial charge >= 0.3 is 12.0 Å². The van der Waals surface area contributed by atoms with Crippen molar-refractivity contribution in [3.05, 3.63) is 71.3 Å². The second kappa shape index (κ2) is 9.83. The highest BCUT2D eigenvalue weighted by Crippen LogP contribution is 2.29. The van der Waals surface area contributed by atoms with Gasteiger partial charge in [0.25, 0.3) is 0 Å². The van der Waals surface area contributed by atoms with Crippen molar-refractivity contribution < 1.29 is 18.7 Å². The number of nitrogens with one attached hydrogen (secondary N) is 2. The van der Waals surface area contributed by atoms with Gasteiger partial charge in [0.1, 0.15) is 11.8 Å². The summed E-state index contributed by atoms with van der Waals surface area (Å²) in [5.41, 5.74) is 2.37. The van der Waals surface area contributed by atoms with Crippen LogP contribution >= 0.6 is 0 Å². The second-order valence-corrected chi connectivity index (χ2v) is 8.07. The summed E-state index contributed by atoms with van der Waals surface area (Å²) < 4.78 is 10.8. The predicted molar refractivity (Wildman–Crippen MR) is 116 cm³/mol. The van der Waals surface area contributed by atoms with Gasteiger partial charge in [0.15, 0.2) is 0 Å². The van der Waals surface area contributed by atoms with Gasteiger partial charge in [0.05, 0.1) is 18.4 Å². The van der Waals surface area contributed by atoms with E-state index in [4.69, 9.17) is 9.15 Å². The molecular formula is C24H29N3O4. The summed E-state index contributed by atoms with van der Waals surface area (Å²) in [5.74, 6) is 0.720. The molecule has 1 aromatic carbocycles. The lowest BCUT2D eigenvalue weighted by Gasteiger charge is -2.35. The van der Waals surface area contributed by atoms with Crippen LogP contribution in [0.4, 0.5) is 4.79 Å². The monoisotopic (exact) mass is 423 g/mol. The van der Waals surface area contributed by atoms with Gasteiger partial charge < -0.3 is 19.8 Å². The molecule has 1 saturated heterocycles. The van der Waals surface area contributed by atoms with Crippen LogP contribution in [0, 0.1) is 5.92 Å². The van der Waals surface area contributed by atoms with Crippen LogP contribution in [0.5, 0.6) is 0 Å². The molecule has 7 heteroatoms. The number of furan rings is 1. The molecule has 3 heterocycles. The Kier molecular flexibility index (Phi) is 6.72. The molecule has 1 aromatic heterocycles. The van der Waals surface area contributed by atoms with Crippen molar-refractivity contribution in [2.75, 3.05) is 26.2 Å². The van der Waals surface area contributed by atoms with E-state index in [1.807, 2.05) is 6.07 Å². The molecule has 0 aliphatic carbocycles. The van der Waals surface area contributed by atoms with Crippen LogP contribution in [0.15, 0.2) is 64.4 Å². The molecule has 0 unspecified atom stereocenters. The summed E-state index contributed by atoms with van der Waals surface area (Å²) in [6.07, 6.45) is 4.80. The molecule has 2 aromatic rings. The van der Waals surface area contributed by atoms with Crippen molar-refractivity contribution >= 4 is 12.0 Å². The van der Waals surface area contributed by atoms with E-state index < -0.39 is 12.0 Å². The molecule has 164 valence electrons. The molecule has 2 aliphatic heterocycles. The van der Waals surface area contributed by atoms with Crippen LogP contribution in [0.3, 0.4) is 0 Å². The van der Waals surface area contributed by atoms with Crippen molar-refractivity contribution in [2.45, 2.75) is 32.2 Å². The number of piperidine rings is 1. The third-order valence-corrected chi connectivity index (χ3v) is 5.93. The smallest absolute Gasteiger partial charge is 0.338 e. The lowest BCUT2D eigenvalue weighted by Crippen LogP contribution is -2.49. The number of urea groups is 1.